The second kappa shape index (κ2) is 12.8. The van der Waals surface area contributed by atoms with E-state index in [2.05, 4.69) is 21.3 Å². The molecule has 3 atom stereocenters. The third kappa shape index (κ3) is 7.33. The van der Waals surface area contributed by atoms with Gasteiger partial charge in [0.1, 0.15) is 23.5 Å². The Bertz CT molecular complexity index is 1470. The van der Waals surface area contributed by atoms with E-state index in [0.29, 0.717) is 34.1 Å². The Morgan fingerprint density at radius 1 is 1.04 bits per heavy atom. The number of amides is 3. The van der Waals surface area contributed by atoms with Gasteiger partial charge in [-0.2, -0.15) is 5.26 Å². The Morgan fingerprint density at radius 2 is 1.80 bits per heavy atom. The molecule has 4 fully saturated rings. The van der Waals surface area contributed by atoms with Crippen LogP contribution in [0.2, 0.25) is 0 Å². The van der Waals surface area contributed by atoms with Crippen molar-refractivity contribution in [3.05, 3.63) is 36.0 Å². The number of piperidine rings is 3. The molecule has 4 heterocycles. The lowest BCUT2D eigenvalue weighted by atomic mass is 9.95. The standard InChI is InChI=1S/C34H44N6O5/c1-34(2,3)45-33(43)39-14-7-22(8-15-39)21-38-12-9-25(10-13-38)44-26-4-5-29-28(18-26)27(6-11-36-29)32(42)37-20-31(41)40-24(19-35)16-23-17-30(23)40/h4-6,11,18,22-25,30H,7-10,12-17,20-21H2,1-3H3,(H,37,42)/t23-,24+,30+/m1/s1. The molecule has 45 heavy (non-hydrogen) atoms. The number of nitrogens with zero attached hydrogens (tertiary/aromatic N) is 5. The highest BCUT2D eigenvalue weighted by atomic mass is 16.6. The molecule has 3 amide bonds. The zero-order valence-electron chi connectivity index (χ0n) is 26.5. The fraction of sp³-hybridized carbons (Fsp3) is 0.618. The Hall–Kier alpha value is -3.91. The van der Waals surface area contributed by atoms with Crippen LogP contribution >= 0.6 is 0 Å². The van der Waals surface area contributed by atoms with Crippen LogP contribution in [-0.2, 0) is 9.53 Å². The number of nitrogens with one attached hydrogen (secondary N) is 1. The molecule has 6 rings (SSSR count). The molecule has 2 aromatic rings. The van der Waals surface area contributed by atoms with Crippen molar-refractivity contribution in [1.29, 1.82) is 5.26 Å². The molecule has 3 aliphatic heterocycles. The Balaban J connectivity index is 0.982. The maximum atomic E-state index is 13.2. The van der Waals surface area contributed by atoms with Crippen LogP contribution in [0.15, 0.2) is 30.5 Å². The Kier molecular flexibility index (Phi) is 8.87. The zero-order valence-corrected chi connectivity index (χ0v) is 26.5. The summed E-state index contributed by atoms with van der Waals surface area (Å²) >= 11 is 0. The number of nitriles is 1. The Labute approximate surface area is 264 Å². The van der Waals surface area contributed by atoms with Crippen LogP contribution < -0.4 is 10.1 Å². The fourth-order valence-corrected chi connectivity index (χ4v) is 7.06. The van der Waals surface area contributed by atoms with Crippen molar-refractivity contribution < 1.29 is 23.9 Å². The van der Waals surface area contributed by atoms with Crippen molar-refractivity contribution in [2.45, 2.75) is 83.1 Å². The van der Waals surface area contributed by atoms with Gasteiger partial charge in [0.05, 0.1) is 23.7 Å². The molecule has 0 unspecified atom stereocenters. The minimum atomic E-state index is -0.472. The van der Waals surface area contributed by atoms with Crippen LogP contribution in [0.4, 0.5) is 4.79 Å². The van der Waals surface area contributed by atoms with Gasteiger partial charge in [-0.05, 0) is 95.4 Å². The van der Waals surface area contributed by atoms with Crippen molar-refractivity contribution >= 4 is 28.8 Å². The van der Waals surface area contributed by atoms with Gasteiger partial charge in [0.15, 0.2) is 0 Å². The molecule has 1 aliphatic carbocycles. The van der Waals surface area contributed by atoms with Gasteiger partial charge in [-0.1, -0.05) is 0 Å². The molecule has 1 saturated carbocycles. The lowest BCUT2D eigenvalue weighted by molar-refractivity contribution is -0.131. The lowest BCUT2D eigenvalue weighted by Crippen LogP contribution is -2.45. The number of ether oxygens (including phenoxy) is 2. The summed E-state index contributed by atoms with van der Waals surface area (Å²) in [5, 5.41) is 12.8. The minimum absolute atomic E-state index is 0.0825. The third-order valence-corrected chi connectivity index (χ3v) is 9.52. The first-order valence-electron chi connectivity index (χ1n) is 16.3. The summed E-state index contributed by atoms with van der Waals surface area (Å²) in [7, 11) is 0. The van der Waals surface area contributed by atoms with E-state index in [1.54, 1.807) is 17.2 Å². The zero-order chi connectivity index (χ0) is 31.7. The number of likely N-dealkylation sites (tertiary alicyclic amines) is 3. The van der Waals surface area contributed by atoms with Gasteiger partial charge in [0.2, 0.25) is 5.91 Å². The minimum Gasteiger partial charge on any atom is -0.490 e. The molecule has 0 spiro atoms. The summed E-state index contributed by atoms with van der Waals surface area (Å²) in [6, 6.07) is 9.26. The predicted molar refractivity (Wildman–Crippen MR) is 167 cm³/mol. The third-order valence-electron chi connectivity index (χ3n) is 9.52. The van der Waals surface area contributed by atoms with Crippen LogP contribution in [0.1, 0.15) is 69.7 Å². The second-order valence-corrected chi connectivity index (χ2v) is 14.0. The number of hydrogen-bond donors (Lipinski definition) is 1. The van der Waals surface area contributed by atoms with Crippen LogP contribution in [0.5, 0.6) is 5.75 Å². The number of carbonyl (C=O) groups excluding carboxylic acids is 3. The van der Waals surface area contributed by atoms with Gasteiger partial charge in [0.25, 0.3) is 5.91 Å². The summed E-state index contributed by atoms with van der Waals surface area (Å²) in [4.78, 5) is 48.8. The van der Waals surface area contributed by atoms with Crippen LogP contribution in [-0.4, -0.2) is 101 Å². The molecule has 11 nitrogen and oxygen atoms in total. The van der Waals surface area contributed by atoms with E-state index in [1.807, 2.05) is 43.9 Å². The molecular weight excluding hydrogens is 572 g/mol. The fourth-order valence-electron chi connectivity index (χ4n) is 7.06. The molecule has 3 saturated heterocycles. The maximum Gasteiger partial charge on any atom is 0.410 e. The normalized spacial score (nSPS) is 24.2. The van der Waals surface area contributed by atoms with E-state index in [4.69, 9.17) is 9.47 Å². The maximum absolute atomic E-state index is 13.2. The molecule has 240 valence electrons. The number of hydrogen-bond acceptors (Lipinski definition) is 8. The largest absolute Gasteiger partial charge is 0.490 e. The molecule has 0 bridgehead atoms. The number of rotatable bonds is 7. The van der Waals surface area contributed by atoms with Crippen LogP contribution in [0, 0.1) is 23.2 Å². The number of carbonyl (C=O) groups is 3. The number of pyridine rings is 1. The Morgan fingerprint density at radius 3 is 2.51 bits per heavy atom. The first kappa shape index (κ1) is 31.1. The predicted octanol–water partition coefficient (Wildman–Crippen LogP) is 3.97. The smallest absolute Gasteiger partial charge is 0.410 e. The van der Waals surface area contributed by atoms with E-state index in [0.717, 1.165) is 71.2 Å². The average Bonchev–Trinajstić information content (AvgIpc) is 3.68. The number of aromatic nitrogens is 1. The van der Waals surface area contributed by atoms with Crippen molar-refractivity contribution in [1.82, 2.24) is 25.0 Å². The topological polar surface area (TPSA) is 128 Å². The molecule has 1 N–H and O–H groups in total. The van der Waals surface area contributed by atoms with Gasteiger partial charge < -0.3 is 29.5 Å². The van der Waals surface area contributed by atoms with E-state index in [-0.39, 0.29) is 36.6 Å². The van der Waals surface area contributed by atoms with E-state index >= 15 is 0 Å². The van der Waals surface area contributed by atoms with Gasteiger partial charge in [0, 0.05) is 50.3 Å². The molecule has 11 heteroatoms. The number of benzene rings is 1. The van der Waals surface area contributed by atoms with Gasteiger partial charge >= 0.3 is 6.09 Å². The summed E-state index contributed by atoms with van der Waals surface area (Å²) in [5.41, 5.74) is 0.646. The second-order valence-electron chi connectivity index (χ2n) is 14.0. The summed E-state index contributed by atoms with van der Waals surface area (Å²) in [6.45, 7) is 9.99. The van der Waals surface area contributed by atoms with Gasteiger partial charge in [-0.15, -0.1) is 0 Å². The SMILES string of the molecule is CC(C)(C)OC(=O)N1CCC(CN2CCC(Oc3ccc4nccc(C(=O)NCC(=O)N5[C@H](C#N)C[C@@H]6C[C@@H]65)c4c3)CC2)CC1. The monoisotopic (exact) mass is 616 g/mol. The molecule has 1 aromatic carbocycles. The number of fused-ring (bicyclic) bond motifs is 2. The quantitative estimate of drug-likeness (QED) is 0.495. The van der Waals surface area contributed by atoms with Crippen molar-refractivity contribution in [3.63, 3.8) is 0 Å². The highest BCUT2D eigenvalue weighted by molar-refractivity contribution is 6.07. The van der Waals surface area contributed by atoms with Gasteiger partial charge in [-0.3, -0.25) is 14.6 Å². The lowest BCUT2D eigenvalue weighted by Gasteiger charge is -2.38. The van der Waals surface area contributed by atoms with Gasteiger partial charge in [-0.25, -0.2) is 4.79 Å². The summed E-state index contributed by atoms with van der Waals surface area (Å²) < 4.78 is 11.9. The van der Waals surface area contributed by atoms with Crippen LogP contribution in [0.3, 0.4) is 0 Å². The molecule has 4 aliphatic rings. The highest BCUT2D eigenvalue weighted by Crippen LogP contribution is 2.47. The first-order chi connectivity index (χ1) is 21.6. The van der Waals surface area contributed by atoms with Crippen LogP contribution in [0.25, 0.3) is 10.9 Å². The molecular formula is C34H44N6O5. The van der Waals surface area contributed by atoms with Crippen molar-refractivity contribution in [2.75, 3.05) is 39.3 Å². The first-order valence-corrected chi connectivity index (χ1v) is 16.3. The van der Waals surface area contributed by atoms with Crippen molar-refractivity contribution in [3.8, 4) is 11.8 Å². The average molecular weight is 617 g/mol. The molecule has 1 aromatic heterocycles. The van der Waals surface area contributed by atoms with E-state index in [1.165, 1.54) is 0 Å². The highest BCUT2D eigenvalue weighted by Gasteiger charge is 2.54. The summed E-state index contributed by atoms with van der Waals surface area (Å²) in [5.74, 6) is 1.14. The molecule has 0 radical (unpaired) electrons. The van der Waals surface area contributed by atoms with Crippen molar-refractivity contribution in [2.24, 2.45) is 11.8 Å². The summed E-state index contributed by atoms with van der Waals surface area (Å²) in [6.07, 6.45) is 6.96. The van der Waals surface area contributed by atoms with E-state index in [9.17, 15) is 19.6 Å². The van der Waals surface area contributed by atoms with E-state index < -0.39 is 11.6 Å².